The van der Waals surface area contributed by atoms with Gasteiger partial charge in [0.05, 0.1) is 12.2 Å². The molecule has 0 atom stereocenters. The number of fused-ring (bicyclic) bond motifs is 1. The molecule has 0 N–H and O–H groups in total. The minimum absolute atomic E-state index is 0.0734. The van der Waals surface area contributed by atoms with Crippen LogP contribution in [0.2, 0.25) is 0 Å². The lowest BCUT2D eigenvalue weighted by molar-refractivity contribution is 0.131. The van der Waals surface area contributed by atoms with Gasteiger partial charge in [0.25, 0.3) is 6.01 Å². The Morgan fingerprint density at radius 2 is 2.36 bits per heavy atom. The van der Waals surface area contributed by atoms with Gasteiger partial charge in [-0.15, -0.1) is 0 Å². The van der Waals surface area contributed by atoms with Crippen molar-refractivity contribution in [3.8, 4) is 6.01 Å². The summed E-state index contributed by atoms with van der Waals surface area (Å²) in [5.41, 5.74) is 0.950. The molecule has 0 radical (unpaired) electrons. The van der Waals surface area contributed by atoms with Crippen LogP contribution in [0.4, 0.5) is 0 Å². The van der Waals surface area contributed by atoms with E-state index in [-0.39, 0.29) is 5.60 Å². The van der Waals surface area contributed by atoms with Gasteiger partial charge in [-0.3, -0.25) is 4.57 Å². The van der Waals surface area contributed by atoms with Crippen LogP contribution >= 0.6 is 0 Å². The van der Waals surface area contributed by atoms with Crippen molar-refractivity contribution in [2.24, 2.45) is 0 Å². The standard InChI is InChI=1S/C8H12N2O/c1-6-4-10-5-8(2,3)11-7(10)9-6/h4H,5H2,1-3H3. The summed E-state index contributed by atoms with van der Waals surface area (Å²) in [5.74, 6) is 0. The number of aromatic nitrogens is 2. The number of imidazole rings is 1. The first-order valence-corrected chi connectivity index (χ1v) is 3.80. The van der Waals surface area contributed by atoms with Crippen LogP contribution in [-0.2, 0) is 6.54 Å². The zero-order valence-electron chi connectivity index (χ0n) is 7.09. The Morgan fingerprint density at radius 3 is 3.00 bits per heavy atom. The highest BCUT2D eigenvalue weighted by Crippen LogP contribution is 2.27. The first-order chi connectivity index (χ1) is 5.07. The summed E-state index contributed by atoms with van der Waals surface area (Å²) in [6.07, 6.45) is 2.02. The van der Waals surface area contributed by atoms with E-state index in [2.05, 4.69) is 23.4 Å². The maximum atomic E-state index is 5.57. The van der Waals surface area contributed by atoms with Crippen molar-refractivity contribution in [1.82, 2.24) is 9.55 Å². The topological polar surface area (TPSA) is 27.1 Å². The Balaban J connectivity index is 2.37. The van der Waals surface area contributed by atoms with Gasteiger partial charge in [0.15, 0.2) is 0 Å². The van der Waals surface area contributed by atoms with Crippen molar-refractivity contribution >= 4 is 0 Å². The highest BCUT2D eigenvalue weighted by molar-refractivity contribution is 5.12. The Kier molecular flexibility index (Phi) is 1.09. The fraction of sp³-hybridized carbons (Fsp3) is 0.625. The second-order valence-electron chi connectivity index (χ2n) is 3.65. The highest BCUT2D eigenvalue weighted by Gasteiger charge is 2.30. The summed E-state index contributed by atoms with van der Waals surface area (Å²) >= 11 is 0. The molecule has 0 spiro atoms. The van der Waals surface area contributed by atoms with Gasteiger partial charge in [-0.2, -0.15) is 0 Å². The molecule has 0 saturated carbocycles. The zero-order valence-corrected chi connectivity index (χ0v) is 7.09. The molecule has 0 fully saturated rings. The maximum absolute atomic E-state index is 5.57. The largest absolute Gasteiger partial charge is 0.457 e. The first kappa shape index (κ1) is 6.70. The molecule has 11 heavy (non-hydrogen) atoms. The summed E-state index contributed by atoms with van der Waals surface area (Å²) < 4.78 is 7.62. The van der Waals surface area contributed by atoms with E-state index in [4.69, 9.17) is 4.74 Å². The van der Waals surface area contributed by atoms with Crippen molar-refractivity contribution in [2.75, 3.05) is 0 Å². The third-order valence-corrected chi connectivity index (χ3v) is 1.78. The number of ether oxygens (including phenoxy) is 1. The van der Waals surface area contributed by atoms with Gasteiger partial charge in [0.2, 0.25) is 0 Å². The lowest BCUT2D eigenvalue weighted by atomic mass is 10.1. The molecule has 1 aromatic rings. The average molecular weight is 152 g/mol. The lowest BCUT2D eigenvalue weighted by Crippen LogP contribution is -2.26. The Morgan fingerprint density at radius 1 is 1.64 bits per heavy atom. The minimum Gasteiger partial charge on any atom is -0.457 e. The van der Waals surface area contributed by atoms with E-state index in [1.54, 1.807) is 0 Å². The van der Waals surface area contributed by atoms with E-state index in [0.29, 0.717) is 0 Å². The van der Waals surface area contributed by atoms with Crippen LogP contribution in [-0.4, -0.2) is 15.2 Å². The molecular formula is C8H12N2O. The van der Waals surface area contributed by atoms with Gasteiger partial charge >= 0.3 is 0 Å². The van der Waals surface area contributed by atoms with Gasteiger partial charge in [-0.1, -0.05) is 0 Å². The summed E-state index contributed by atoms with van der Waals surface area (Å²) in [4.78, 5) is 4.23. The average Bonchev–Trinajstić information content (AvgIpc) is 2.17. The van der Waals surface area contributed by atoms with E-state index in [9.17, 15) is 0 Å². The number of aryl methyl sites for hydroxylation is 1. The van der Waals surface area contributed by atoms with E-state index >= 15 is 0 Å². The van der Waals surface area contributed by atoms with Gasteiger partial charge in [-0.05, 0) is 20.8 Å². The summed E-state index contributed by atoms with van der Waals surface area (Å²) in [5, 5.41) is 0. The molecule has 1 aromatic heterocycles. The minimum atomic E-state index is -0.0734. The smallest absolute Gasteiger partial charge is 0.297 e. The highest BCUT2D eigenvalue weighted by atomic mass is 16.5. The van der Waals surface area contributed by atoms with E-state index in [1.807, 2.05) is 13.1 Å². The summed E-state index contributed by atoms with van der Waals surface area (Å²) in [6, 6.07) is 0.757. The molecule has 60 valence electrons. The predicted octanol–water partition coefficient (Wildman–Crippen LogP) is 1.36. The van der Waals surface area contributed by atoms with Gasteiger partial charge in [-0.25, -0.2) is 4.98 Å². The van der Waals surface area contributed by atoms with Crippen LogP contribution in [0.3, 0.4) is 0 Å². The molecule has 0 amide bonds. The fourth-order valence-corrected chi connectivity index (χ4v) is 1.41. The third kappa shape index (κ3) is 1.00. The quantitative estimate of drug-likeness (QED) is 0.561. The molecule has 2 rings (SSSR count). The van der Waals surface area contributed by atoms with E-state index in [0.717, 1.165) is 18.2 Å². The second-order valence-corrected chi connectivity index (χ2v) is 3.65. The number of hydrogen-bond donors (Lipinski definition) is 0. The van der Waals surface area contributed by atoms with Crippen LogP contribution in [0.5, 0.6) is 6.01 Å². The van der Waals surface area contributed by atoms with Crippen molar-refractivity contribution < 1.29 is 4.74 Å². The molecule has 3 heteroatoms. The Labute approximate surface area is 66.0 Å². The van der Waals surface area contributed by atoms with Crippen molar-refractivity contribution in [1.29, 1.82) is 0 Å². The van der Waals surface area contributed by atoms with Crippen LogP contribution in [0.1, 0.15) is 19.5 Å². The second kappa shape index (κ2) is 1.78. The molecule has 0 saturated heterocycles. The van der Waals surface area contributed by atoms with E-state index in [1.165, 1.54) is 0 Å². The molecule has 2 heterocycles. The molecule has 0 bridgehead atoms. The fourth-order valence-electron chi connectivity index (χ4n) is 1.41. The first-order valence-electron chi connectivity index (χ1n) is 3.80. The van der Waals surface area contributed by atoms with Gasteiger partial charge in [0.1, 0.15) is 5.60 Å². The van der Waals surface area contributed by atoms with Crippen molar-refractivity contribution in [2.45, 2.75) is 32.9 Å². The molecule has 0 aliphatic carbocycles. The molecule has 0 aromatic carbocycles. The molecule has 1 aliphatic heterocycles. The maximum Gasteiger partial charge on any atom is 0.297 e. The molecular weight excluding hydrogens is 140 g/mol. The molecule has 1 aliphatic rings. The van der Waals surface area contributed by atoms with Crippen LogP contribution in [0.15, 0.2) is 6.20 Å². The SMILES string of the molecule is Cc1cn2c(n1)OC(C)(C)C2. The molecule has 0 unspecified atom stereocenters. The summed E-state index contributed by atoms with van der Waals surface area (Å²) in [6.45, 7) is 7.01. The van der Waals surface area contributed by atoms with Gasteiger partial charge < -0.3 is 4.74 Å². The van der Waals surface area contributed by atoms with Gasteiger partial charge in [0, 0.05) is 6.20 Å². The van der Waals surface area contributed by atoms with Crippen LogP contribution in [0.25, 0.3) is 0 Å². The van der Waals surface area contributed by atoms with Crippen LogP contribution < -0.4 is 4.74 Å². The van der Waals surface area contributed by atoms with Crippen molar-refractivity contribution in [3.05, 3.63) is 11.9 Å². The Hall–Kier alpha value is -0.990. The predicted molar refractivity (Wildman–Crippen MR) is 41.7 cm³/mol. The zero-order chi connectivity index (χ0) is 8.06. The lowest BCUT2D eigenvalue weighted by Gasteiger charge is -2.14. The van der Waals surface area contributed by atoms with Crippen LogP contribution in [0, 0.1) is 6.92 Å². The van der Waals surface area contributed by atoms with E-state index < -0.39 is 0 Å². The molecule has 3 nitrogen and oxygen atoms in total. The normalized spacial score (nSPS) is 19.5. The summed E-state index contributed by atoms with van der Waals surface area (Å²) in [7, 11) is 0. The Bertz CT molecular complexity index is 263. The number of hydrogen-bond acceptors (Lipinski definition) is 2. The number of nitrogens with zero attached hydrogens (tertiary/aromatic N) is 2. The monoisotopic (exact) mass is 152 g/mol. The van der Waals surface area contributed by atoms with Crippen molar-refractivity contribution in [3.63, 3.8) is 0 Å². The third-order valence-electron chi connectivity index (χ3n) is 1.78. The number of rotatable bonds is 0.